The van der Waals surface area contributed by atoms with Gasteiger partial charge in [-0.1, -0.05) is 0 Å². The summed E-state index contributed by atoms with van der Waals surface area (Å²) in [5.41, 5.74) is -0.455. The van der Waals surface area contributed by atoms with Crippen LogP contribution in [0.2, 0.25) is 0 Å². The van der Waals surface area contributed by atoms with Gasteiger partial charge in [0, 0.05) is 25.2 Å². The first-order chi connectivity index (χ1) is 8.91. The number of amides is 1. The van der Waals surface area contributed by atoms with Gasteiger partial charge < -0.3 is 15.7 Å². The van der Waals surface area contributed by atoms with E-state index in [4.69, 9.17) is 5.11 Å². The van der Waals surface area contributed by atoms with Gasteiger partial charge in [-0.05, 0) is 19.9 Å². The van der Waals surface area contributed by atoms with E-state index < -0.39 is 17.3 Å². The Bertz CT molecular complexity index is 477. The van der Waals surface area contributed by atoms with Crippen LogP contribution in [-0.4, -0.2) is 34.6 Å². The van der Waals surface area contributed by atoms with Gasteiger partial charge in [0.1, 0.15) is 5.56 Å². The molecule has 1 amide bonds. The van der Waals surface area contributed by atoms with Crippen LogP contribution in [0.5, 0.6) is 0 Å². The number of rotatable bonds is 6. The Morgan fingerprint density at radius 1 is 1.47 bits per heavy atom. The second-order valence-electron chi connectivity index (χ2n) is 4.23. The van der Waals surface area contributed by atoms with Gasteiger partial charge in [0.2, 0.25) is 5.91 Å². The highest BCUT2D eigenvalue weighted by Gasteiger charge is 2.14. The molecular formula is C12H16FN3O3. The molecule has 0 aliphatic heterocycles. The number of aromatic carboxylic acids is 1. The quantitative estimate of drug-likeness (QED) is 0.723. The molecule has 104 valence electrons. The topological polar surface area (TPSA) is 91.3 Å². The number of nitrogens with one attached hydrogen (secondary N) is 2. The van der Waals surface area contributed by atoms with Crippen LogP contribution < -0.4 is 10.6 Å². The van der Waals surface area contributed by atoms with Crippen LogP contribution in [0.15, 0.2) is 12.3 Å². The second-order valence-corrected chi connectivity index (χ2v) is 4.23. The summed E-state index contributed by atoms with van der Waals surface area (Å²) in [6.07, 6.45) is 1.35. The number of nitrogens with zero attached hydrogens (tertiary/aromatic N) is 1. The van der Waals surface area contributed by atoms with Crippen molar-refractivity contribution in [2.75, 3.05) is 11.9 Å². The van der Waals surface area contributed by atoms with E-state index >= 15 is 0 Å². The molecule has 6 nitrogen and oxygen atoms in total. The highest BCUT2D eigenvalue weighted by atomic mass is 19.1. The lowest BCUT2D eigenvalue weighted by atomic mass is 10.2. The first kappa shape index (κ1) is 14.9. The minimum atomic E-state index is -1.36. The highest BCUT2D eigenvalue weighted by Crippen LogP contribution is 2.14. The van der Waals surface area contributed by atoms with E-state index in [0.29, 0.717) is 0 Å². The van der Waals surface area contributed by atoms with Crippen molar-refractivity contribution in [1.29, 1.82) is 0 Å². The molecule has 1 heterocycles. The average molecular weight is 269 g/mol. The van der Waals surface area contributed by atoms with E-state index in [1.165, 1.54) is 6.20 Å². The summed E-state index contributed by atoms with van der Waals surface area (Å²) >= 11 is 0. The largest absolute Gasteiger partial charge is 0.478 e. The van der Waals surface area contributed by atoms with Gasteiger partial charge in [0.25, 0.3) is 0 Å². The molecule has 3 N–H and O–H groups in total. The standard InChI is InChI=1S/C12H16FN3O3/c1-7(2)16-9(17)4-6-15-11-10(13)8(12(18)19)3-5-14-11/h3,5,7H,4,6H2,1-2H3,(H,14,15)(H,16,17)(H,18,19). The minimum absolute atomic E-state index is 0.0395. The van der Waals surface area contributed by atoms with Crippen LogP contribution in [0, 0.1) is 5.82 Å². The predicted molar refractivity (Wildman–Crippen MR) is 67.5 cm³/mol. The SMILES string of the molecule is CC(C)NC(=O)CCNc1nccc(C(=O)O)c1F. The van der Waals surface area contributed by atoms with Crippen LogP contribution in [0.25, 0.3) is 0 Å². The third kappa shape index (κ3) is 4.53. The lowest BCUT2D eigenvalue weighted by Gasteiger charge is -2.10. The zero-order chi connectivity index (χ0) is 14.4. The van der Waals surface area contributed by atoms with E-state index in [-0.39, 0.29) is 30.7 Å². The van der Waals surface area contributed by atoms with E-state index in [1.807, 2.05) is 13.8 Å². The monoisotopic (exact) mass is 269 g/mol. The number of hydrogen-bond acceptors (Lipinski definition) is 4. The first-order valence-corrected chi connectivity index (χ1v) is 5.83. The Labute approximate surface area is 110 Å². The molecule has 1 rings (SSSR count). The molecule has 0 aliphatic rings. The van der Waals surface area contributed by atoms with Crippen LogP contribution >= 0.6 is 0 Å². The Kier molecular flexibility index (Phi) is 5.23. The van der Waals surface area contributed by atoms with Gasteiger partial charge in [-0.15, -0.1) is 0 Å². The van der Waals surface area contributed by atoms with Crippen molar-refractivity contribution < 1.29 is 19.1 Å². The van der Waals surface area contributed by atoms with Gasteiger partial charge in [-0.25, -0.2) is 14.2 Å². The van der Waals surface area contributed by atoms with E-state index in [9.17, 15) is 14.0 Å². The lowest BCUT2D eigenvalue weighted by Crippen LogP contribution is -2.31. The number of anilines is 1. The number of aromatic nitrogens is 1. The summed E-state index contributed by atoms with van der Waals surface area (Å²) in [7, 11) is 0. The van der Waals surface area contributed by atoms with E-state index in [1.54, 1.807) is 0 Å². The molecule has 0 unspecified atom stereocenters. The minimum Gasteiger partial charge on any atom is -0.478 e. The number of pyridine rings is 1. The predicted octanol–water partition coefficient (Wildman–Crippen LogP) is 1.25. The van der Waals surface area contributed by atoms with Gasteiger partial charge in [0.05, 0.1) is 0 Å². The molecule has 0 aliphatic carbocycles. The normalized spacial score (nSPS) is 10.3. The number of carboxylic acids is 1. The van der Waals surface area contributed by atoms with Gasteiger partial charge in [-0.3, -0.25) is 4.79 Å². The molecule has 0 bridgehead atoms. The highest BCUT2D eigenvalue weighted by molar-refractivity contribution is 5.88. The van der Waals surface area contributed by atoms with Crippen molar-refractivity contribution in [2.45, 2.75) is 26.3 Å². The fourth-order valence-electron chi connectivity index (χ4n) is 1.42. The maximum absolute atomic E-state index is 13.7. The summed E-state index contributed by atoms with van der Waals surface area (Å²) in [6, 6.07) is 1.12. The number of carbonyl (C=O) groups excluding carboxylic acids is 1. The molecule has 0 radical (unpaired) electrons. The van der Waals surface area contributed by atoms with Crippen molar-refractivity contribution in [2.24, 2.45) is 0 Å². The average Bonchev–Trinajstić information content (AvgIpc) is 2.30. The Morgan fingerprint density at radius 2 is 2.16 bits per heavy atom. The zero-order valence-corrected chi connectivity index (χ0v) is 10.7. The Balaban J connectivity index is 2.57. The fraction of sp³-hybridized carbons (Fsp3) is 0.417. The molecule has 0 saturated heterocycles. The molecular weight excluding hydrogens is 253 g/mol. The van der Waals surface area contributed by atoms with Crippen molar-refractivity contribution in [1.82, 2.24) is 10.3 Å². The van der Waals surface area contributed by atoms with Crippen molar-refractivity contribution in [3.63, 3.8) is 0 Å². The third-order valence-corrected chi connectivity index (χ3v) is 2.21. The molecule has 7 heteroatoms. The second kappa shape index (κ2) is 6.67. The number of carboxylic acid groups (broad SMARTS) is 1. The van der Waals surface area contributed by atoms with Crippen LogP contribution in [0.3, 0.4) is 0 Å². The fourth-order valence-corrected chi connectivity index (χ4v) is 1.42. The van der Waals surface area contributed by atoms with Crippen LogP contribution in [0.1, 0.15) is 30.6 Å². The molecule has 0 saturated carbocycles. The number of halogens is 1. The smallest absolute Gasteiger partial charge is 0.338 e. The molecule has 0 spiro atoms. The summed E-state index contributed by atoms with van der Waals surface area (Å²) in [4.78, 5) is 25.8. The molecule has 19 heavy (non-hydrogen) atoms. The van der Waals surface area contributed by atoms with E-state index in [2.05, 4.69) is 15.6 Å². The maximum atomic E-state index is 13.7. The third-order valence-electron chi connectivity index (χ3n) is 2.21. The van der Waals surface area contributed by atoms with Crippen molar-refractivity contribution in [3.8, 4) is 0 Å². The molecule has 1 aromatic rings. The molecule has 1 aromatic heterocycles. The van der Waals surface area contributed by atoms with Crippen LogP contribution in [-0.2, 0) is 4.79 Å². The van der Waals surface area contributed by atoms with E-state index in [0.717, 1.165) is 6.07 Å². The Hall–Kier alpha value is -2.18. The molecule has 0 fully saturated rings. The summed E-state index contributed by atoms with van der Waals surface area (Å²) in [5, 5.41) is 14.0. The summed E-state index contributed by atoms with van der Waals surface area (Å²) < 4.78 is 13.7. The van der Waals surface area contributed by atoms with Gasteiger partial charge in [0.15, 0.2) is 11.6 Å². The van der Waals surface area contributed by atoms with Crippen molar-refractivity contribution >= 4 is 17.7 Å². The van der Waals surface area contributed by atoms with Crippen LogP contribution in [0.4, 0.5) is 10.2 Å². The Morgan fingerprint density at radius 3 is 2.74 bits per heavy atom. The number of hydrogen-bond donors (Lipinski definition) is 3. The lowest BCUT2D eigenvalue weighted by molar-refractivity contribution is -0.121. The van der Waals surface area contributed by atoms with Gasteiger partial charge in [-0.2, -0.15) is 0 Å². The maximum Gasteiger partial charge on any atom is 0.338 e. The summed E-state index contributed by atoms with van der Waals surface area (Å²) in [6.45, 7) is 3.84. The van der Waals surface area contributed by atoms with Gasteiger partial charge >= 0.3 is 5.97 Å². The first-order valence-electron chi connectivity index (χ1n) is 5.83. The molecule has 0 aromatic carbocycles. The summed E-state index contributed by atoms with van der Waals surface area (Å²) in [5.74, 6) is -2.63. The number of carbonyl (C=O) groups is 2. The van der Waals surface area contributed by atoms with Crippen molar-refractivity contribution in [3.05, 3.63) is 23.6 Å². The zero-order valence-electron chi connectivity index (χ0n) is 10.7. The molecule has 0 atom stereocenters.